The molecule has 0 saturated carbocycles. The van der Waals surface area contributed by atoms with Crippen LogP contribution < -0.4 is 5.32 Å². The lowest BCUT2D eigenvalue weighted by molar-refractivity contribution is -0.135. The summed E-state index contributed by atoms with van der Waals surface area (Å²) in [6, 6.07) is 0.507. The minimum Gasteiger partial charge on any atom is -0.339 e. The molecule has 1 amide bonds. The maximum atomic E-state index is 12.2. The lowest BCUT2D eigenvalue weighted by atomic mass is 10.1. The Bertz CT molecular complexity index is 236. The second-order valence-electron chi connectivity index (χ2n) is 5.08. The number of rotatable bonds is 2. The zero-order valence-electron chi connectivity index (χ0n) is 9.83. The van der Waals surface area contributed by atoms with Crippen molar-refractivity contribution < 1.29 is 4.79 Å². The summed E-state index contributed by atoms with van der Waals surface area (Å²) in [4.78, 5) is 14.4. The van der Waals surface area contributed by atoms with Crippen molar-refractivity contribution in [1.82, 2.24) is 10.2 Å². The number of carbonyl (C=O) groups is 1. The largest absolute Gasteiger partial charge is 0.339 e. The van der Waals surface area contributed by atoms with Gasteiger partial charge in [0.05, 0.1) is 5.92 Å². The van der Waals surface area contributed by atoms with E-state index in [1.54, 1.807) is 0 Å². The highest BCUT2D eigenvalue weighted by Gasteiger charge is 2.35. The third kappa shape index (κ3) is 2.17. The summed E-state index contributed by atoms with van der Waals surface area (Å²) in [6.07, 6.45) is 3.33. The highest BCUT2D eigenvalue weighted by atomic mass is 16.2. The average Bonchev–Trinajstić information content (AvgIpc) is 2.84. The third-order valence-electron chi connectivity index (χ3n) is 3.79. The molecule has 0 spiro atoms. The molecule has 2 rings (SSSR count). The van der Waals surface area contributed by atoms with Gasteiger partial charge in [-0.2, -0.15) is 0 Å². The van der Waals surface area contributed by atoms with Crippen molar-refractivity contribution in [2.45, 2.75) is 39.2 Å². The number of amides is 1. The van der Waals surface area contributed by atoms with Crippen molar-refractivity contribution in [1.29, 1.82) is 0 Å². The fraction of sp³-hybridized carbons (Fsp3) is 0.917. The summed E-state index contributed by atoms with van der Waals surface area (Å²) in [6.45, 7) is 7.32. The first kappa shape index (κ1) is 10.9. The van der Waals surface area contributed by atoms with Crippen LogP contribution in [0.4, 0.5) is 0 Å². The Morgan fingerprint density at radius 1 is 1.53 bits per heavy atom. The maximum Gasteiger partial charge on any atom is 0.227 e. The quantitative estimate of drug-likeness (QED) is 0.744. The summed E-state index contributed by atoms with van der Waals surface area (Å²) < 4.78 is 0. The lowest BCUT2D eigenvalue weighted by Crippen LogP contribution is -2.40. The minimum atomic E-state index is 0.254. The molecule has 0 radical (unpaired) electrons. The fourth-order valence-electron chi connectivity index (χ4n) is 2.91. The predicted molar refractivity (Wildman–Crippen MR) is 60.5 cm³/mol. The molecule has 0 aromatic carbocycles. The summed E-state index contributed by atoms with van der Waals surface area (Å²) in [7, 11) is 0. The molecule has 2 fully saturated rings. The summed E-state index contributed by atoms with van der Waals surface area (Å²) in [5.41, 5.74) is 0. The zero-order chi connectivity index (χ0) is 10.8. The SMILES string of the molecule is CCC1CC(C)CN1C(=O)C1CCNC1. The number of nitrogens with zero attached hydrogens (tertiary/aromatic N) is 1. The van der Waals surface area contributed by atoms with Crippen LogP contribution in [0.2, 0.25) is 0 Å². The van der Waals surface area contributed by atoms with Gasteiger partial charge in [0, 0.05) is 19.1 Å². The van der Waals surface area contributed by atoms with Crippen LogP contribution in [0.3, 0.4) is 0 Å². The van der Waals surface area contributed by atoms with E-state index >= 15 is 0 Å². The van der Waals surface area contributed by atoms with Gasteiger partial charge < -0.3 is 10.2 Å². The molecule has 0 bridgehead atoms. The molecular weight excluding hydrogens is 188 g/mol. The fourth-order valence-corrected chi connectivity index (χ4v) is 2.91. The van der Waals surface area contributed by atoms with E-state index in [1.165, 1.54) is 6.42 Å². The summed E-state index contributed by atoms with van der Waals surface area (Å²) >= 11 is 0. The summed E-state index contributed by atoms with van der Waals surface area (Å²) in [5, 5.41) is 3.27. The Kier molecular flexibility index (Phi) is 3.29. The van der Waals surface area contributed by atoms with Gasteiger partial charge in [0.1, 0.15) is 0 Å². The Morgan fingerprint density at radius 2 is 2.33 bits per heavy atom. The number of nitrogens with one attached hydrogen (secondary N) is 1. The van der Waals surface area contributed by atoms with Gasteiger partial charge in [0.25, 0.3) is 0 Å². The van der Waals surface area contributed by atoms with Gasteiger partial charge in [-0.25, -0.2) is 0 Å². The highest BCUT2D eigenvalue weighted by molar-refractivity contribution is 5.80. The van der Waals surface area contributed by atoms with E-state index in [4.69, 9.17) is 0 Å². The Hall–Kier alpha value is -0.570. The van der Waals surface area contributed by atoms with Gasteiger partial charge in [0.2, 0.25) is 5.91 Å². The standard InChI is InChI=1S/C12H22N2O/c1-3-11-6-9(2)8-14(11)12(15)10-4-5-13-7-10/h9-11,13H,3-8H2,1-2H3. The van der Waals surface area contributed by atoms with Gasteiger partial charge in [-0.05, 0) is 31.7 Å². The van der Waals surface area contributed by atoms with E-state index in [-0.39, 0.29) is 5.92 Å². The molecule has 1 N–H and O–H groups in total. The van der Waals surface area contributed by atoms with Crippen molar-refractivity contribution in [3.63, 3.8) is 0 Å². The molecule has 0 aliphatic carbocycles. The molecule has 3 unspecified atom stereocenters. The van der Waals surface area contributed by atoms with Crippen LogP contribution >= 0.6 is 0 Å². The van der Waals surface area contributed by atoms with Gasteiger partial charge in [-0.3, -0.25) is 4.79 Å². The second kappa shape index (κ2) is 4.52. The molecule has 3 heteroatoms. The van der Waals surface area contributed by atoms with Crippen LogP contribution in [0.1, 0.15) is 33.1 Å². The average molecular weight is 210 g/mol. The van der Waals surface area contributed by atoms with Gasteiger partial charge >= 0.3 is 0 Å². The van der Waals surface area contributed by atoms with Crippen molar-refractivity contribution in [3.8, 4) is 0 Å². The third-order valence-corrected chi connectivity index (χ3v) is 3.79. The molecule has 2 saturated heterocycles. The zero-order valence-corrected chi connectivity index (χ0v) is 9.83. The van der Waals surface area contributed by atoms with E-state index < -0.39 is 0 Å². The van der Waals surface area contributed by atoms with E-state index in [2.05, 4.69) is 24.1 Å². The molecule has 3 atom stereocenters. The van der Waals surface area contributed by atoms with E-state index in [0.717, 1.165) is 32.5 Å². The topological polar surface area (TPSA) is 32.3 Å². The van der Waals surface area contributed by atoms with E-state index in [1.807, 2.05) is 0 Å². The van der Waals surface area contributed by atoms with Crippen molar-refractivity contribution in [3.05, 3.63) is 0 Å². The number of carbonyl (C=O) groups excluding carboxylic acids is 1. The minimum absolute atomic E-state index is 0.254. The van der Waals surface area contributed by atoms with E-state index in [9.17, 15) is 4.79 Å². The molecule has 2 aliphatic rings. The second-order valence-corrected chi connectivity index (χ2v) is 5.08. The van der Waals surface area contributed by atoms with Crippen molar-refractivity contribution in [2.24, 2.45) is 11.8 Å². The lowest BCUT2D eigenvalue weighted by Gasteiger charge is -2.26. The Morgan fingerprint density at radius 3 is 2.93 bits per heavy atom. The first-order valence-electron chi connectivity index (χ1n) is 6.23. The monoisotopic (exact) mass is 210 g/mol. The van der Waals surface area contributed by atoms with Crippen molar-refractivity contribution in [2.75, 3.05) is 19.6 Å². The first-order chi connectivity index (χ1) is 7.22. The first-order valence-corrected chi connectivity index (χ1v) is 6.23. The summed E-state index contributed by atoms with van der Waals surface area (Å²) in [5.74, 6) is 1.34. The van der Waals surface area contributed by atoms with Crippen LogP contribution in [0.25, 0.3) is 0 Å². The molecular formula is C12H22N2O. The van der Waals surface area contributed by atoms with Gasteiger partial charge in [-0.15, -0.1) is 0 Å². The smallest absolute Gasteiger partial charge is 0.227 e. The maximum absolute atomic E-state index is 12.2. The Labute approximate surface area is 92.2 Å². The van der Waals surface area contributed by atoms with Gasteiger partial charge in [-0.1, -0.05) is 13.8 Å². The molecule has 2 heterocycles. The van der Waals surface area contributed by atoms with E-state index in [0.29, 0.717) is 17.9 Å². The molecule has 0 aromatic heterocycles. The molecule has 86 valence electrons. The van der Waals surface area contributed by atoms with Crippen LogP contribution in [0.5, 0.6) is 0 Å². The predicted octanol–water partition coefficient (Wildman–Crippen LogP) is 1.24. The normalized spacial score (nSPS) is 36.1. The molecule has 2 aliphatic heterocycles. The van der Waals surface area contributed by atoms with Crippen LogP contribution in [0.15, 0.2) is 0 Å². The Balaban J connectivity index is 1.99. The molecule has 3 nitrogen and oxygen atoms in total. The number of likely N-dealkylation sites (tertiary alicyclic amines) is 1. The number of hydrogen-bond donors (Lipinski definition) is 1. The van der Waals surface area contributed by atoms with Gasteiger partial charge in [0.15, 0.2) is 0 Å². The highest BCUT2D eigenvalue weighted by Crippen LogP contribution is 2.27. The molecule has 0 aromatic rings. The molecule has 15 heavy (non-hydrogen) atoms. The van der Waals surface area contributed by atoms with Crippen molar-refractivity contribution >= 4 is 5.91 Å². The number of hydrogen-bond acceptors (Lipinski definition) is 2. The van der Waals surface area contributed by atoms with Crippen LogP contribution in [0, 0.1) is 11.8 Å². The van der Waals surface area contributed by atoms with Crippen LogP contribution in [-0.2, 0) is 4.79 Å². The van der Waals surface area contributed by atoms with Crippen LogP contribution in [-0.4, -0.2) is 36.5 Å².